The molecule has 0 saturated heterocycles. The zero-order valence-electron chi connectivity index (χ0n) is 12.5. The highest BCUT2D eigenvalue weighted by Crippen LogP contribution is 2.16. The molecule has 0 bridgehead atoms. The number of carbonyl (C=O) groups is 1. The van der Waals surface area contributed by atoms with E-state index in [-0.39, 0.29) is 12.5 Å². The molecule has 0 atom stereocenters. The van der Waals surface area contributed by atoms with Crippen LogP contribution in [-0.2, 0) is 17.9 Å². The van der Waals surface area contributed by atoms with E-state index >= 15 is 0 Å². The number of hydrogen-bond donors (Lipinski definition) is 2. The zero-order valence-corrected chi connectivity index (χ0v) is 12.5. The predicted octanol–water partition coefficient (Wildman–Crippen LogP) is 0.237. The molecule has 2 N–H and O–H groups in total. The minimum Gasteiger partial charge on any atom is -0.324 e. The number of amides is 1. The standard InChI is InChI=1S/C15H18N4O3/c1-18(2)9-11-5-3-4-6-12(11)16-14(21)10-19-8-7-13(20)17-15(19)22/h3-8H,9-10H2,1-2H3,(H,16,21)(H,17,20,22). The van der Waals surface area contributed by atoms with Gasteiger partial charge in [-0.3, -0.25) is 19.1 Å². The maximum absolute atomic E-state index is 12.1. The molecule has 7 nitrogen and oxygen atoms in total. The van der Waals surface area contributed by atoms with Crippen LogP contribution in [0.25, 0.3) is 0 Å². The lowest BCUT2D eigenvalue weighted by atomic mass is 10.1. The Kier molecular flexibility index (Phi) is 4.90. The average Bonchev–Trinajstić information content (AvgIpc) is 2.43. The van der Waals surface area contributed by atoms with Gasteiger partial charge in [-0.25, -0.2) is 4.79 Å². The van der Waals surface area contributed by atoms with Crippen LogP contribution >= 0.6 is 0 Å². The van der Waals surface area contributed by atoms with Crippen LogP contribution in [0.4, 0.5) is 5.69 Å². The molecule has 2 aromatic rings. The Morgan fingerprint density at radius 3 is 2.64 bits per heavy atom. The van der Waals surface area contributed by atoms with E-state index in [0.29, 0.717) is 12.2 Å². The smallest absolute Gasteiger partial charge is 0.324 e. The summed E-state index contributed by atoms with van der Waals surface area (Å²) in [5.41, 5.74) is 0.593. The number of nitrogens with one attached hydrogen (secondary N) is 2. The Hall–Kier alpha value is -2.67. The van der Waals surface area contributed by atoms with Crippen molar-refractivity contribution in [1.29, 1.82) is 0 Å². The lowest BCUT2D eigenvalue weighted by Gasteiger charge is -2.15. The van der Waals surface area contributed by atoms with Crippen LogP contribution < -0.4 is 16.6 Å². The molecule has 1 amide bonds. The van der Waals surface area contributed by atoms with Crippen LogP contribution in [0.1, 0.15) is 5.56 Å². The van der Waals surface area contributed by atoms with E-state index in [1.165, 1.54) is 12.3 Å². The van der Waals surface area contributed by atoms with Gasteiger partial charge >= 0.3 is 5.69 Å². The average molecular weight is 302 g/mol. The van der Waals surface area contributed by atoms with Gasteiger partial charge in [-0.2, -0.15) is 0 Å². The fourth-order valence-corrected chi connectivity index (χ4v) is 2.03. The number of nitrogens with zero attached hydrogens (tertiary/aromatic N) is 2. The van der Waals surface area contributed by atoms with E-state index in [4.69, 9.17) is 0 Å². The molecular formula is C15H18N4O3. The lowest BCUT2D eigenvalue weighted by molar-refractivity contribution is -0.116. The molecule has 0 aliphatic heterocycles. The van der Waals surface area contributed by atoms with E-state index in [1.807, 2.05) is 43.3 Å². The topological polar surface area (TPSA) is 87.2 Å². The molecule has 1 aromatic heterocycles. The Balaban J connectivity index is 2.12. The molecule has 0 radical (unpaired) electrons. The second kappa shape index (κ2) is 6.86. The van der Waals surface area contributed by atoms with E-state index < -0.39 is 11.2 Å². The van der Waals surface area contributed by atoms with Crippen LogP contribution in [0.15, 0.2) is 46.1 Å². The van der Waals surface area contributed by atoms with Gasteiger partial charge in [-0.15, -0.1) is 0 Å². The summed E-state index contributed by atoms with van der Waals surface area (Å²) < 4.78 is 1.14. The summed E-state index contributed by atoms with van der Waals surface area (Å²) in [6.07, 6.45) is 1.30. The second-order valence-electron chi connectivity index (χ2n) is 5.18. The molecule has 0 aliphatic carbocycles. The van der Waals surface area contributed by atoms with Gasteiger partial charge in [0.1, 0.15) is 6.54 Å². The molecule has 0 saturated carbocycles. The number of anilines is 1. The molecule has 1 aromatic carbocycles. The molecule has 0 fully saturated rings. The molecule has 22 heavy (non-hydrogen) atoms. The quantitative estimate of drug-likeness (QED) is 0.828. The van der Waals surface area contributed by atoms with Gasteiger partial charge in [-0.05, 0) is 25.7 Å². The third-order valence-corrected chi connectivity index (χ3v) is 2.99. The number of H-pyrrole nitrogens is 1. The Morgan fingerprint density at radius 1 is 1.23 bits per heavy atom. The number of para-hydroxylation sites is 1. The number of rotatable bonds is 5. The molecule has 7 heteroatoms. The largest absolute Gasteiger partial charge is 0.328 e. The third kappa shape index (κ3) is 4.16. The third-order valence-electron chi connectivity index (χ3n) is 2.99. The predicted molar refractivity (Wildman–Crippen MR) is 83.8 cm³/mol. The van der Waals surface area contributed by atoms with E-state index in [0.717, 1.165) is 10.1 Å². The van der Waals surface area contributed by atoms with Gasteiger partial charge in [0.15, 0.2) is 0 Å². The Morgan fingerprint density at radius 2 is 1.95 bits per heavy atom. The van der Waals surface area contributed by atoms with Crippen molar-refractivity contribution in [2.75, 3.05) is 19.4 Å². The number of aromatic amines is 1. The second-order valence-corrected chi connectivity index (χ2v) is 5.18. The summed E-state index contributed by atoms with van der Waals surface area (Å²) in [6, 6.07) is 8.69. The van der Waals surface area contributed by atoms with E-state index in [1.54, 1.807) is 0 Å². The Labute approximate surface area is 127 Å². The van der Waals surface area contributed by atoms with Crippen molar-refractivity contribution < 1.29 is 4.79 Å². The SMILES string of the molecule is CN(C)Cc1ccccc1NC(=O)Cn1ccc(=O)[nH]c1=O. The summed E-state index contributed by atoms with van der Waals surface area (Å²) in [5.74, 6) is -0.333. The van der Waals surface area contributed by atoms with Gasteiger partial charge in [-0.1, -0.05) is 18.2 Å². The summed E-state index contributed by atoms with van der Waals surface area (Å²) in [4.78, 5) is 38.7. The first-order valence-corrected chi connectivity index (χ1v) is 6.78. The van der Waals surface area contributed by atoms with Gasteiger partial charge < -0.3 is 10.2 Å². The number of carbonyl (C=O) groups excluding carboxylic acids is 1. The first-order valence-electron chi connectivity index (χ1n) is 6.78. The summed E-state index contributed by atoms with van der Waals surface area (Å²) in [5, 5.41) is 2.79. The van der Waals surface area contributed by atoms with Crippen LogP contribution in [0.5, 0.6) is 0 Å². The minimum atomic E-state index is -0.607. The van der Waals surface area contributed by atoms with Gasteiger partial charge in [0.2, 0.25) is 5.91 Å². The van der Waals surface area contributed by atoms with Crippen molar-refractivity contribution in [1.82, 2.24) is 14.5 Å². The van der Waals surface area contributed by atoms with Crippen LogP contribution in [-0.4, -0.2) is 34.5 Å². The molecule has 116 valence electrons. The normalized spacial score (nSPS) is 10.7. The minimum absolute atomic E-state index is 0.161. The van der Waals surface area contributed by atoms with Crippen LogP contribution in [0, 0.1) is 0 Å². The van der Waals surface area contributed by atoms with Crippen molar-refractivity contribution in [3.8, 4) is 0 Å². The van der Waals surface area contributed by atoms with Crippen molar-refractivity contribution >= 4 is 11.6 Å². The van der Waals surface area contributed by atoms with Crippen molar-refractivity contribution in [2.24, 2.45) is 0 Å². The van der Waals surface area contributed by atoms with Gasteiger partial charge in [0.05, 0.1) is 0 Å². The van der Waals surface area contributed by atoms with E-state index in [2.05, 4.69) is 10.3 Å². The van der Waals surface area contributed by atoms with Crippen molar-refractivity contribution in [3.05, 3.63) is 62.9 Å². The first-order chi connectivity index (χ1) is 10.5. The summed E-state index contributed by atoms with van der Waals surface area (Å²) >= 11 is 0. The monoisotopic (exact) mass is 302 g/mol. The first kappa shape index (κ1) is 15.7. The fourth-order valence-electron chi connectivity index (χ4n) is 2.03. The summed E-state index contributed by atoms with van der Waals surface area (Å²) in [7, 11) is 3.89. The zero-order chi connectivity index (χ0) is 16.1. The van der Waals surface area contributed by atoms with Gasteiger partial charge in [0, 0.05) is 24.5 Å². The maximum atomic E-state index is 12.1. The lowest BCUT2D eigenvalue weighted by Crippen LogP contribution is -2.32. The maximum Gasteiger partial charge on any atom is 0.328 e. The highest BCUT2D eigenvalue weighted by molar-refractivity contribution is 5.91. The highest BCUT2D eigenvalue weighted by Gasteiger charge is 2.09. The molecular weight excluding hydrogens is 284 g/mol. The van der Waals surface area contributed by atoms with Crippen LogP contribution in [0.2, 0.25) is 0 Å². The fraction of sp³-hybridized carbons (Fsp3) is 0.267. The molecule has 0 unspecified atom stereocenters. The van der Waals surface area contributed by atoms with Crippen molar-refractivity contribution in [2.45, 2.75) is 13.1 Å². The number of hydrogen-bond acceptors (Lipinski definition) is 4. The molecule has 0 aliphatic rings. The van der Waals surface area contributed by atoms with Crippen molar-refractivity contribution in [3.63, 3.8) is 0 Å². The molecule has 1 heterocycles. The molecule has 0 spiro atoms. The Bertz CT molecular complexity index is 777. The number of aromatic nitrogens is 2. The van der Waals surface area contributed by atoms with E-state index in [9.17, 15) is 14.4 Å². The summed E-state index contributed by atoms with van der Waals surface area (Å²) in [6.45, 7) is 0.529. The van der Waals surface area contributed by atoms with Gasteiger partial charge in [0.25, 0.3) is 5.56 Å². The van der Waals surface area contributed by atoms with Crippen LogP contribution in [0.3, 0.4) is 0 Å². The number of benzene rings is 1. The highest BCUT2D eigenvalue weighted by atomic mass is 16.2. The molecule has 2 rings (SSSR count).